The summed E-state index contributed by atoms with van der Waals surface area (Å²) in [6.07, 6.45) is -4.52. The number of nitriles is 1. The number of aromatic nitrogens is 1. The fraction of sp³-hybridized carbons (Fsp3) is 0.190. The molecule has 0 fully saturated rings. The monoisotopic (exact) mass is 383 g/mol. The van der Waals surface area contributed by atoms with Gasteiger partial charge in [-0.3, -0.25) is 4.79 Å². The molecule has 0 atom stereocenters. The molecule has 0 aliphatic carbocycles. The number of fused-ring (bicyclic) bond motifs is 1. The van der Waals surface area contributed by atoms with Gasteiger partial charge in [-0.1, -0.05) is 30.3 Å². The number of nitrogens with one attached hydrogen (secondary N) is 1. The molecule has 1 aromatic heterocycles. The zero-order valence-corrected chi connectivity index (χ0v) is 15.0. The van der Waals surface area contributed by atoms with Gasteiger partial charge in [0.15, 0.2) is 0 Å². The van der Waals surface area contributed by atoms with Crippen molar-refractivity contribution in [3.63, 3.8) is 0 Å². The van der Waals surface area contributed by atoms with Gasteiger partial charge in [-0.25, -0.2) is 4.98 Å². The van der Waals surface area contributed by atoms with Gasteiger partial charge < -0.3 is 5.32 Å². The molecule has 0 unspecified atom stereocenters. The van der Waals surface area contributed by atoms with Crippen LogP contribution in [0.1, 0.15) is 28.0 Å². The quantitative estimate of drug-likeness (QED) is 0.654. The van der Waals surface area contributed by atoms with Crippen LogP contribution in [0.5, 0.6) is 0 Å². The topological polar surface area (TPSA) is 65.8 Å². The predicted molar refractivity (Wildman–Crippen MR) is 99.5 cm³/mol. The van der Waals surface area contributed by atoms with Crippen LogP contribution in [0.15, 0.2) is 48.5 Å². The molecule has 1 N–H and O–H groups in total. The van der Waals surface area contributed by atoms with E-state index >= 15 is 0 Å². The number of pyridine rings is 1. The molecule has 7 heteroatoms. The molecule has 0 saturated heterocycles. The highest BCUT2D eigenvalue weighted by molar-refractivity contribution is 5.98. The molecule has 4 nitrogen and oxygen atoms in total. The van der Waals surface area contributed by atoms with E-state index in [9.17, 15) is 18.0 Å². The Hall–Kier alpha value is -3.40. The first-order chi connectivity index (χ1) is 13.3. The van der Waals surface area contributed by atoms with E-state index in [1.54, 1.807) is 43.3 Å². The zero-order chi connectivity index (χ0) is 20.3. The Morgan fingerprint density at radius 2 is 1.86 bits per heavy atom. The molecule has 1 amide bonds. The molecule has 2 aromatic carbocycles. The van der Waals surface area contributed by atoms with E-state index in [1.807, 2.05) is 6.07 Å². The minimum absolute atomic E-state index is 0.104. The van der Waals surface area contributed by atoms with Crippen molar-refractivity contribution in [1.82, 2.24) is 10.3 Å². The van der Waals surface area contributed by atoms with E-state index in [-0.39, 0.29) is 24.2 Å². The molecule has 0 radical (unpaired) electrons. The van der Waals surface area contributed by atoms with Crippen LogP contribution in [-0.2, 0) is 6.18 Å². The lowest BCUT2D eigenvalue weighted by molar-refractivity contribution is -0.136. The van der Waals surface area contributed by atoms with Crippen molar-refractivity contribution in [2.75, 3.05) is 6.54 Å². The normalized spacial score (nSPS) is 11.2. The average molecular weight is 383 g/mol. The molecule has 28 heavy (non-hydrogen) atoms. The second-order valence-electron chi connectivity index (χ2n) is 6.27. The fourth-order valence-electron chi connectivity index (χ4n) is 2.94. The second kappa shape index (κ2) is 7.69. The third-order valence-electron chi connectivity index (χ3n) is 4.29. The first kappa shape index (κ1) is 19.4. The number of aryl methyl sites for hydroxylation is 1. The summed E-state index contributed by atoms with van der Waals surface area (Å²) in [5.41, 5.74) is 0.333. The summed E-state index contributed by atoms with van der Waals surface area (Å²) in [4.78, 5) is 16.2. The third kappa shape index (κ3) is 3.96. The van der Waals surface area contributed by atoms with Crippen molar-refractivity contribution >= 4 is 16.8 Å². The van der Waals surface area contributed by atoms with Gasteiger partial charge in [0.1, 0.15) is 5.69 Å². The Bertz CT molecular complexity index is 1070. The molecule has 0 spiro atoms. The number of nitrogens with zero attached hydrogens (tertiary/aromatic N) is 2. The maximum absolute atomic E-state index is 13.7. The van der Waals surface area contributed by atoms with E-state index in [1.165, 1.54) is 6.07 Å². The van der Waals surface area contributed by atoms with Crippen LogP contribution in [0.3, 0.4) is 0 Å². The molecular weight excluding hydrogens is 367 g/mol. The number of hydrogen-bond acceptors (Lipinski definition) is 3. The number of benzene rings is 2. The highest BCUT2D eigenvalue weighted by atomic mass is 19.4. The van der Waals surface area contributed by atoms with Crippen LogP contribution in [0, 0.1) is 18.3 Å². The van der Waals surface area contributed by atoms with E-state index < -0.39 is 17.6 Å². The Balaban J connectivity index is 2.18. The summed E-state index contributed by atoms with van der Waals surface area (Å²) in [6, 6.07) is 14.8. The minimum Gasteiger partial charge on any atom is -0.350 e. The van der Waals surface area contributed by atoms with Gasteiger partial charge in [0.05, 0.1) is 23.6 Å². The smallest absolute Gasteiger partial charge is 0.350 e. The summed E-state index contributed by atoms with van der Waals surface area (Å²) >= 11 is 0. The van der Waals surface area contributed by atoms with E-state index in [2.05, 4.69) is 10.3 Å². The van der Waals surface area contributed by atoms with Crippen molar-refractivity contribution in [3.05, 3.63) is 65.4 Å². The lowest BCUT2D eigenvalue weighted by Gasteiger charge is -2.15. The summed E-state index contributed by atoms with van der Waals surface area (Å²) in [6.45, 7) is 1.75. The molecule has 0 aliphatic heterocycles. The molecule has 0 saturated carbocycles. The van der Waals surface area contributed by atoms with Crippen LogP contribution in [0.4, 0.5) is 13.2 Å². The van der Waals surface area contributed by atoms with Gasteiger partial charge in [0, 0.05) is 11.9 Å². The van der Waals surface area contributed by atoms with Gasteiger partial charge in [0.25, 0.3) is 5.91 Å². The van der Waals surface area contributed by atoms with Crippen LogP contribution in [0.2, 0.25) is 0 Å². The number of alkyl halides is 3. The number of carbonyl (C=O) groups is 1. The lowest BCUT2D eigenvalue weighted by atomic mass is 9.96. The van der Waals surface area contributed by atoms with Crippen LogP contribution in [-0.4, -0.2) is 17.4 Å². The number of rotatable bonds is 4. The largest absolute Gasteiger partial charge is 0.418 e. The minimum atomic E-state index is -4.63. The van der Waals surface area contributed by atoms with Crippen LogP contribution >= 0.6 is 0 Å². The van der Waals surface area contributed by atoms with Crippen molar-refractivity contribution in [1.29, 1.82) is 5.26 Å². The standard InChI is InChI=1S/C21H16F3N3O/c1-13-10-18(20(28)26-9-5-8-25)27-19-16(13)11-15(12-17(19)21(22,23)24)14-6-3-2-4-7-14/h2-4,6-7,10-12H,5,9H2,1H3,(H,26,28). The second-order valence-corrected chi connectivity index (χ2v) is 6.27. The highest BCUT2D eigenvalue weighted by Crippen LogP contribution is 2.38. The van der Waals surface area contributed by atoms with Crippen LogP contribution < -0.4 is 5.32 Å². The van der Waals surface area contributed by atoms with Gasteiger partial charge in [-0.2, -0.15) is 18.4 Å². The molecule has 142 valence electrons. The number of halogens is 3. The first-order valence-corrected chi connectivity index (χ1v) is 8.54. The maximum Gasteiger partial charge on any atom is 0.418 e. The van der Waals surface area contributed by atoms with E-state index in [0.29, 0.717) is 22.1 Å². The maximum atomic E-state index is 13.7. The highest BCUT2D eigenvalue weighted by Gasteiger charge is 2.34. The molecule has 3 rings (SSSR count). The fourth-order valence-corrected chi connectivity index (χ4v) is 2.94. The first-order valence-electron chi connectivity index (χ1n) is 8.54. The van der Waals surface area contributed by atoms with Gasteiger partial charge >= 0.3 is 6.18 Å². The predicted octanol–water partition coefficient (Wildman–Crippen LogP) is 4.87. The third-order valence-corrected chi connectivity index (χ3v) is 4.29. The number of carbonyl (C=O) groups excluding carboxylic acids is 1. The molecule has 3 aromatic rings. The summed E-state index contributed by atoms with van der Waals surface area (Å²) in [7, 11) is 0. The van der Waals surface area contributed by atoms with Crippen molar-refractivity contribution in [3.8, 4) is 17.2 Å². The SMILES string of the molecule is Cc1cc(C(=O)NCCC#N)nc2c(C(F)(F)F)cc(-c3ccccc3)cc12. The molecule has 0 bridgehead atoms. The Morgan fingerprint density at radius 3 is 2.50 bits per heavy atom. The van der Waals surface area contributed by atoms with Crippen molar-refractivity contribution < 1.29 is 18.0 Å². The Kier molecular flexibility index (Phi) is 5.32. The van der Waals surface area contributed by atoms with Gasteiger partial charge in [-0.05, 0) is 41.8 Å². The summed E-state index contributed by atoms with van der Waals surface area (Å²) < 4.78 is 41.2. The van der Waals surface area contributed by atoms with Gasteiger partial charge in [0.2, 0.25) is 0 Å². The number of hydrogen-bond donors (Lipinski definition) is 1. The lowest BCUT2D eigenvalue weighted by Crippen LogP contribution is -2.25. The Labute approximate surface area is 159 Å². The zero-order valence-electron chi connectivity index (χ0n) is 15.0. The molecule has 0 aliphatic rings. The van der Waals surface area contributed by atoms with Crippen molar-refractivity contribution in [2.45, 2.75) is 19.5 Å². The van der Waals surface area contributed by atoms with Crippen LogP contribution in [0.25, 0.3) is 22.0 Å². The van der Waals surface area contributed by atoms with E-state index in [0.717, 1.165) is 6.07 Å². The van der Waals surface area contributed by atoms with Crippen molar-refractivity contribution in [2.24, 2.45) is 0 Å². The summed E-state index contributed by atoms with van der Waals surface area (Å²) in [5.74, 6) is -0.611. The number of amides is 1. The summed E-state index contributed by atoms with van der Waals surface area (Å²) in [5, 5.41) is 11.4. The van der Waals surface area contributed by atoms with Gasteiger partial charge in [-0.15, -0.1) is 0 Å². The van der Waals surface area contributed by atoms with E-state index in [4.69, 9.17) is 5.26 Å². The molecule has 1 heterocycles. The average Bonchev–Trinajstić information content (AvgIpc) is 2.67. The molecular formula is C21H16F3N3O. The Morgan fingerprint density at radius 1 is 1.14 bits per heavy atom.